The van der Waals surface area contributed by atoms with Gasteiger partial charge in [-0.15, -0.1) is 0 Å². The highest BCUT2D eigenvalue weighted by atomic mass is 31.2. The van der Waals surface area contributed by atoms with Gasteiger partial charge in [0, 0.05) is 19.3 Å². The molecular weight excluding hydrogens is 691 g/mol. The Bertz CT molecular complexity index is 1060. The number of allylic oxidation sites excluding steroid dienone is 8. The second kappa shape index (κ2) is 38.0. The number of hydrogen-bond donors (Lipinski definition) is 2. The van der Waals surface area contributed by atoms with E-state index in [2.05, 4.69) is 48.8 Å². The molecule has 2 N–H and O–H groups in total. The van der Waals surface area contributed by atoms with Gasteiger partial charge in [0.15, 0.2) is 11.9 Å². The van der Waals surface area contributed by atoms with E-state index in [-0.39, 0.29) is 25.2 Å². The number of ether oxygens (including phenoxy) is 2. The van der Waals surface area contributed by atoms with E-state index in [0.717, 1.165) is 83.5 Å². The molecule has 1 atom stereocenters. The summed E-state index contributed by atoms with van der Waals surface area (Å²) in [7, 11) is -4.77. The summed E-state index contributed by atoms with van der Waals surface area (Å²) in [4.78, 5) is 54.5. The first-order valence-corrected chi connectivity index (χ1v) is 22.4. The van der Waals surface area contributed by atoms with E-state index in [1.165, 1.54) is 57.8 Å². The Balaban J connectivity index is 3.99. The zero-order valence-corrected chi connectivity index (χ0v) is 34.3. The summed E-state index contributed by atoms with van der Waals surface area (Å²) in [5.74, 6) is -0.777. The average molecular weight is 767 g/mol. The van der Waals surface area contributed by atoms with Gasteiger partial charge in [0.2, 0.25) is 0 Å². The number of rotatable bonds is 38. The first kappa shape index (κ1) is 50.7. The lowest BCUT2D eigenvalue weighted by Crippen LogP contribution is -2.29. The van der Waals surface area contributed by atoms with Crippen LogP contribution in [0, 0.1) is 0 Å². The van der Waals surface area contributed by atoms with E-state index < -0.39 is 32.5 Å². The van der Waals surface area contributed by atoms with Gasteiger partial charge in [-0.1, -0.05) is 146 Å². The Morgan fingerprint density at radius 2 is 1.02 bits per heavy atom. The van der Waals surface area contributed by atoms with Crippen LogP contribution in [0.15, 0.2) is 48.6 Å². The molecule has 9 nitrogen and oxygen atoms in total. The maximum absolute atomic E-state index is 12.4. The Labute approximate surface area is 322 Å². The SMILES string of the molecule is CCCCC/C=C\C/C=C\CCCCCCCCCCCC(=O)O[C@H](COC(=O)CCCCCCC/C=C\C=C\C(=O)CCCCC)COP(=O)(O)O. The highest BCUT2D eigenvalue weighted by Crippen LogP contribution is 2.36. The van der Waals surface area contributed by atoms with E-state index in [1.807, 2.05) is 12.2 Å². The predicted molar refractivity (Wildman–Crippen MR) is 216 cm³/mol. The van der Waals surface area contributed by atoms with Crippen molar-refractivity contribution in [1.29, 1.82) is 0 Å². The van der Waals surface area contributed by atoms with Crippen molar-refractivity contribution in [3.8, 4) is 0 Å². The van der Waals surface area contributed by atoms with Crippen molar-refractivity contribution < 1.29 is 42.7 Å². The molecule has 0 amide bonds. The van der Waals surface area contributed by atoms with Gasteiger partial charge in [-0.3, -0.25) is 18.9 Å². The second-order valence-electron chi connectivity index (χ2n) is 14.0. The number of hydrogen-bond acceptors (Lipinski definition) is 7. The number of phosphoric acid groups is 1. The standard InChI is InChI=1S/C43H75O9P/c1-3-5-7-8-9-10-11-12-13-14-15-16-17-18-19-22-26-29-33-37-43(46)52-41(39-51-53(47,48)49)38-50-42(45)36-32-28-25-23-20-21-24-27-31-35-40(44)34-30-6-4-2/h9-10,12-13,24,27,31,35,41H,3-8,11,14-23,25-26,28-30,32-34,36-39H2,1-2H3,(H2,47,48,49)/b10-9-,13-12-,27-24-,35-31+/t41-/m1/s1. The molecule has 0 rings (SSSR count). The highest BCUT2D eigenvalue weighted by molar-refractivity contribution is 7.46. The topological polar surface area (TPSA) is 136 Å². The summed E-state index contributed by atoms with van der Waals surface area (Å²) in [5, 5.41) is 0. The third kappa shape index (κ3) is 40.7. The van der Waals surface area contributed by atoms with Crippen molar-refractivity contribution >= 4 is 25.5 Å². The van der Waals surface area contributed by atoms with E-state index >= 15 is 0 Å². The summed E-state index contributed by atoms with van der Waals surface area (Å²) < 4.78 is 26.3. The third-order valence-electron chi connectivity index (χ3n) is 8.80. The maximum atomic E-state index is 12.4. The van der Waals surface area contributed by atoms with Crippen LogP contribution in [-0.2, 0) is 32.9 Å². The van der Waals surface area contributed by atoms with Crippen molar-refractivity contribution in [2.24, 2.45) is 0 Å². The van der Waals surface area contributed by atoms with Gasteiger partial charge >= 0.3 is 19.8 Å². The van der Waals surface area contributed by atoms with Crippen LogP contribution in [0.5, 0.6) is 0 Å². The van der Waals surface area contributed by atoms with Crippen molar-refractivity contribution in [2.45, 2.75) is 193 Å². The van der Waals surface area contributed by atoms with Gasteiger partial charge in [-0.05, 0) is 70.3 Å². The highest BCUT2D eigenvalue weighted by Gasteiger charge is 2.22. The fraction of sp³-hybridized carbons (Fsp3) is 0.744. The summed E-state index contributed by atoms with van der Waals surface area (Å²) in [6, 6.07) is 0. The molecule has 0 aliphatic heterocycles. The zero-order valence-electron chi connectivity index (χ0n) is 33.4. The Morgan fingerprint density at radius 1 is 0.547 bits per heavy atom. The lowest BCUT2D eigenvalue weighted by atomic mass is 10.1. The summed E-state index contributed by atoms with van der Waals surface area (Å²) >= 11 is 0. The van der Waals surface area contributed by atoms with Crippen LogP contribution in [0.2, 0.25) is 0 Å². The third-order valence-corrected chi connectivity index (χ3v) is 9.28. The molecule has 0 fully saturated rings. The molecule has 10 heteroatoms. The minimum absolute atomic E-state index is 0.173. The second-order valence-corrected chi connectivity index (χ2v) is 15.2. The van der Waals surface area contributed by atoms with Gasteiger partial charge in [0.1, 0.15) is 6.61 Å². The zero-order chi connectivity index (χ0) is 39.1. The monoisotopic (exact) mass is 767 g/mol. The molecule has 306 valence electrons. The molecule has 0 saturated carbocycles. The molecule has 0 unspecified atom stereocenters. The van der Waals surface area contributed by atoms with Crippen LogP contribution < -0.4 is 0 Å². The molecule has 0 radical (unpaired) electrons. The van der Waals surface area contributed by atoms with E-state index in [0.29, 0.717) is 19.3 Å². The smallest absolute Gasteiger partial charge is 0.462 e. The Hall–Kier alpha value is -2.32. The molecule has 0 aliphatic carbocycles. The van der Waals surface area contributed by atoms with E-state index in [9.17, 15) is 18.9 Å². The minimum atomic E-state index is -4.77. The van der Waals surface area contributed by atoms with Gasteiger partial charge in [-0.25, -0.2) is 4.57 Å². The average Bonchev–Trinajstić information content (AvgIpc) is 3.12. The Kier molecular flexibility index (Phi) is 36.3. The quantitative estimate of drug-likeness (QED) is 0.0157. The van der Waals surface area contributed by atoms with Gasteiger partial charge in [0.25, 0.3) is 0 Å². The first-order valence-electron chi connectivity index (χ1n) is 20.9. The fourth-order valence-electron chi connectivity index (χ4n) is 5.62. The van der Waals surface area contributed by atoms with Gasteiger partial charge < -0.3 is 19.3 Å². The van der Waals surface area contributed by atoms with Crippen molar-refractivity contribution in [3.05, 3.63) is 48.6 Å². The number of unbranched alkanes of at least 4 members (excludes halogenated alkanes) is 19. The van der Waals surface area contributed by atoms with Gasteiger partial charge in [-0.2, -0.15) is 0 Å². The van der Waals surface area contributed by atoms with Crippen molar-refractivity contribution in [1.82, 2.24) is 0 Å². The largest absolute Gasteiger partial charge is 0.469 e. The number of phosphoric ester groups is 1. The lowest BCUT2D eigenvalue weighted by molar-refractivity contribution is -0.161. The molecule has 0 bridgehead atoms. The predicted octanol–water partition coefficient (Wildman–Crippen LogP) is 11.9. The molecule has 0 heterocycles. The molecule has 0 saturated heterocycles. The summed E-state index contributed by atoms with van der Waals surface area (Å²) in [5.41, 5.74) is 0. The molecule has 0 spiro atoms. The number of carbonyl (C=O) groups excluding carboxylic acids is 3. The molecule has 0 aromatic heterocycles. The van der Waals surface area contributed by atoms with E-state index in [1.54, 1.807) is 6.08 Å². The molecule has 53 heavy (non-hydrogen) atoms. The van der Waals surface area contributed by atoms with Crippen LogP contribution in [0.25, 0.3) is 0 Å². The first-order chi connectivity index (χ1) is 25.7. The summed E-state index contributed by atoms with van der Waals surface area (Å²) in [6.07, 6.45) is 42.3. The number of esters is 2. The number of ketones is 1. The van der Waals surface area contributed by atoms with Gasteiger partial charge in [0.05, 0.1) is 6.61 Å². The van der Waals surface area contributed by atoms with Crippen LogP contribution in [-0.4, -0.2) is 46.8 Å². The van der Waals surface area contributed by atoms with Crippen molar-refractivity contribution in [3.63, 3.8) is 0 Å². The van der Waals surface area contributed by atoms with E-state index in [4.69, 9.17) is 19.3 Å². The Morgan fingerprint density at radius 3 is 1.58 bits per heavy atom. The van der Waals surface area contributed by atoms with Crippen LogP contribution in [0.3, 0.4) is 0 Å². The van der Waals surface area contributed by atoms with Crippen LogP contribution >= 0.6 is 7.82 Å². The maximum Gasteiger partial charge on any atom is 0.469 e. The molecule has 0 aromatic carbocycles. The normalized spacial score (nSPS) is 12.8. The molecule has 0 aliphatic rings. The molecule has 0 aromatic rings. The van der Waals surface area contributed by atoms with Crippen molar-refractivity contribution in [2.75, 3.05) is 13.2 Å². The van der Waals surface area contributed by atoms with Crippen LogP contribution in [0.1, 0.15) is 187 Å². The lowest BCUT2D eigenvalue weighted by Gasteiger charge is -2.18. The summed E-state index contributed by atoms with van der Waals surface area (Å²) in [6.45, 7) is 3.48. The number of carbonyl (C=O) groups is 3. The minimum Gasteiger partial charge on any atom is -0.462 e. The fourth-order valence-corrected chi connectivity index (χ4v) is 5.98. The van der Waals surface area contributed by atoms with Crippen LogP contribution in [0.4, 0.5) is 0 Å². The molecular formula is C43H75O9P.